The van der Waals surface area contributed by atoms with Crippen LogP contribution in [0.15, 0.2) is 72.8 Å². The molecule has 0 aliphatic heterocycles. The third-order valence-corrected chi connectivity index (χ3v) is 6.49. The largest absolute Gasteiger partial charge is 0.488 e. The number of rotatable bonds is 15. The summed E-state index contributed by atoms with van der Waals surface area (Å²) in [7, 11) is 1.87. The molecule has 5 nitrogen and oxygen atoms in total. The van der Waals surface area contributed by atoms with E-state index in [0.29, 0.717) is 26.0 Å². The average molecular weight is 502 g/mol. The zero-order valence-electron chi connectivity index (χ0n) is 22.1. The van der Waals surface area contributed by atoms with Crippen molar-refractivity contribution in [3.05, 3.63) is 89.5 Å². The van der Waals surface area contributed by atoms with Crippen LogP contribution in [0, 0.1) is 0 Å². The summed E-state index contributed by atoms with van der Waals surface area (Å²) in [5, 5.41) is 9.09. The van der Waals surface area contributed by atoms with Crippen LogP contribution in [0.2, 0.25) is 0 Å². The number of carbonyl (C=O) groups excluding carboxylic acids is 1. The quantitative estimate of drug-likeness (QED) is 0.222. The Kier molecular flexibility index (Phi) is 11.2. The second-order valence-electron chi connectivity index (χ2n) is 9.61. The minimum atomic E-state index is -0.817. The third-order valence-electron chi connectivity index (χ3n) is 6.49. The molecule has 0 bridgehead atoms. The lowest BCUT2D eigenvalue weighted by Gasteiger charge is -2.19. The van der Waals surface area contributed by atoms with Crippen molar-refractivity contribution >= 4 is 11.9 Å². The molecular weight excluding hydrogens is 462 g/mol. The molecule has 0 heterocycles. The molecule has 0 spiro atoms. The van der Waals surface area contributed by atoms with E-state index in [2.05, 4.69) is 13.0 Å². The molecule has 5 heteroatoms. The van der Waals surface area contributed by atoms with Crippen LogP contribution < -0.4 is 4.74 Å². The minimum Gasteiger partial charge on any atom is -0.488 e. The Labute approximate surface area is 221 Å². The number of aliphatic carboxylic acids is 1. The predicted octanol–water partition coefficient (Wildman–Crippen LogP) is 7.27. The maximum atomic E-state index is 12.6. The number of ether oxygens (including phenoxy) is 1. The monoisotopic (exact) mass is 501 g/mol. The summed E-state index contributed by atoms with van der Waals surface area (Å²) < 4.78 is 6.24. The molecule has 0 aromatic heterocycles. The van der Waals surface area contributed by atoms with Gasteiger partial charge in [0.1, 0.15) is 12.4 Å². The lowest BCUT2D eigenvalue weighted by atomic mass is 9.99. The fourth-order valence-corrected chi connectivity index (χ4v) is 4.34. The highest BCUT2D eigenvalue weighted by atomic mass is 16.5. The first kappa shape index (κ1) is 28.0. The Hall–Kier alpha value is -3.60. The maximum absolute atomic E-state index is 12.6. The van der Waals surface area contributed by atoms with Crippen LogP contribution in [0.4, 0.5) is 0 Å². The van der Waals surface area contributed by atoms with Crippen molar-refractivity contribution in [2.24, 2.45) is 0 Å². The first-order valence-electron chi connectivity index (χ1n) is 13.3. The highest BCUT2D eigenvalue weighted by molar-refractivity contribution is 5.76. The smallest absolute Gasteiger partial charge is 0.303 e. The fourth-order valence-electron chi connectivity index (χ4n) is 4.34. The number of carboxylic acid groups (broad SMARTS) is 1. The highest BCUT2D eigenvalue weighted by Crippen LogP contribution is 2.33. The molecule has 37 heavy (non-hydrogen) atoms. The fraction of sp³-hybridized carbons (Fsp3) is 0.375. The molecule has 0 fully saturated rings. The number of carbonyl (C=O) groups is 2. The van der Waals surface area contributed by atoms with E-state index in [0.717, 1.165) is 46.4 Å². The number of aryl methyl sites for hydroxylation is 1. The van der Waals surface area contributed by atoms with Gasteiger partial charge in [0.2, 0.25) is 5.91 Å². The van der Waals surface area contributed by atoms with Crippen LogP contribution in [-0.4, -0.2) is 28.9 Å². The van der Waals surface area contributed by atoms with Gasteiger partial charge >= 0.3 is 5.97 Å². The van der Waals surface area contributed by atoms with Gasteiger partial charge in [0, 0.05) is 32.0 Å². The Bertz CT molecular complexity index is 1140. The van der Waals surface area contributed by atoms with Gasteiger partial charge < -0.3 is 14.7 Å². The topological polar surface area (TPSA) is 66.8 Å². The van der Waals surface area contributed by atoms with Gasteiger partial charge in [-0.3, -0.25) is 9.59 Å². The normalized spacial score (nSPS) is 10.8. The molecule has 0 radical (unpaired) electrons. The van der Waals surface area contributed by atoms with Gasteiger partial charge in [-0.25, -0.2) is 0 Å². The van der Waals surface area contributed by atoms with Gasteiger partial charge in [-0.05, 0) is 47.2 Å². The molecule has 1 amide bonds. The van der Waals surface area contributed by atoms with Crippen molar-refractivity contribution in [1.82, 2.24) is 4.90 Å². The molecule has 196 valence electrons. The number of amides is 1. The van der Waals surface area contributed by atoms with Gasteiger partial charge in [0.05, 0.1) is 0 Å². The predicted molar refractivity (Wildman–Crippen MR) is 148 cm³/mol. The lowest BCUT2D eigenvalue weighted by Crippen LogP contribution is -2.25. The van der Waals surface area contributed by atoms with Crippen LogP contribution in [0.1, 0.15) is 68.6 Å². The lowest BCUT2D eigenvalue weighted by molar-refractivity contribution is -0.137. The highest BCUT2D eigenvalue weighted by Gasteiger charge is 2.13. The van der Waals surface area contributed by atoms with Crippen molar-refractivity contribution < 1.29 is 19.4 Å². The Morgan fingerprint density at radius 2 is 1.57 bits per heavy atom. The van der Waals surface area contributed by atoms with Crippen molar-refractivity contribution in [3.63, 3.8) is 0 Å². The van der Waals surface area contributed by atoms with Crippen molar-refractivity contribution in [2.45, 2.75) is 71.4 Å². The van der Waals surface area contributed by atoms with Crippen LogP contribution in [-0.2, 0) is 29.2 Å². The van der Waals surface area contributed by atoms with E-state index in [1.807, 2.05) is 73.8 Å². The summed E-state index contributed by atoms with van der Waals surface area (Å²) in [5.74, 6) is 0.0835. The first-order chi connectivity index (χ1) is 18.0. The Morgan fingerprint density at radius 3 is 2.32 bits per heavy atom. The van der Waals surface area contributed by atoms with E-state index in [9.17, 15) is 9.59 Å². The second kappa shape index (κ2) is 14.8. The van der Waals surface area contributed by atoms with Crippen molar-refractivity contribution in [2.75, 3.05) is 7.05 Å². The molecule has 3 rings (SSSR count). The molecular formula is C32H39NO4. The van der Waals surface area contributed by atoms with Gasteiger partial charge in [-0.15, -0.1) is 0 Å². The molecule has 0 saturated heterocycles. The molecule has 3 aromatic rings. The second-order valence-corrected chi connectivity index (χ2v) is 9.61. The van der Waals surface area contributed by atoms with E-state index in [1.54, 1.807) is 4.90 Å². The SMILES string of the molecule is CCCCCCCC(=O)N(C)Cc1cccc(-c2ccc(CCC(=O)O)cc2OCc2ccccc2)c1. The van der Waals surface area contributed by atoms with Crippen LogP contribution >= 0.6 is 0 Å². The number of benzene rings is 3. The van der Waals surface area contributed by atoms with Gasteiger partial charge in [-0.1, -0.05) is 93.3 Å². The van der Waals surface area contributed by atoms with Gasteiger partial charge in [-0.2, -0.15) is 0 Å². The van der Waals surface area contributed by atoms with E-state index in [-0.39, 0.29) is 12.3 Å². The number of hydrogen-bond donors (Lipinski definition) is 1. The Balaban J connectivity index is 1.74. The van der Waals surface area contributed by atoms with Crippen molar-refractivity contribution in [3.8, 4) is 16.9 Å². The zero-order valence-corrected chi connectivity index (χ0v) is 22.1. The third kappa shape index (κ3) is 9.41. The number of unbranched alkanes of at least 4 members (excludes halogenated alkanes) is 4. The number of nitrogens with zero attached hydrogens (tertiary/aromatic N) is 1. The van der Waals surface area contributed by atoms with E-state index in [1.165, 1.54) is 19.3 Å². The summed E-state index contributed by atoms with van der Waals surface area (Å²) in [5.41, 5.74) is 5.00. The zero-order chi connectivity index (χ0) is 26.5. The molecule has 3 aromatic carbocycles. The summed E-state index contributed by atoms with van der Waals surface area (Å²) in [6.45, 7) is 3.17. The summed E-state index contributed by atoms with van der Waals surface area (Å²) in [6, 6.07) is 24.1. The van der Waals surface area contributed by atoms with Crippen molar-refractivity contribution in [1.29, 1.82) is 0 Å². The standard InChI is InChI=1S/C32H39NO4/c1-3-4-5-6-10-16-31(34)33(2)23-27-14-11-15-28(21-27)29-19-17-25(18-20-32(35)36)22-30(29)37-24-26-12-8-7-9-13-26/h7-9,11-15,17,19,21-22H,3-6,10,16,18,20,23-24H2,1-2H3,(H,35,36). The maximum Gasteiger partial charge on any atom is 0.303 e. The molecule has 0 aliphatic carbocycles. The molecule has 0 aliphatic rings. The van der Waals surface area contributed by atoms with E-state index in [4.69, 9.17) is 9.84 Å². The number of hydrogen-bond acceptors (Lipinski definition) is 3. The summed E-state index contributed by atoms with van der Waals surface area (Å²) >= 11 is 0. The van der Waals surface area contributed by atoms with E-state index < -0.39 is 5.97 Å². The average Bonchev–Trinajstić information content (AvgIpc) is 2.91. The molecule has 0 saturated carbocycles. The van der Waals surface area contributed by atoms with Crippen LogP contribution in [0.3, 0.4) is 0 Å². The molecule has 0 unspecified atom stereocenters. The Morgan fingerprint density at radius 1 is 0.811 bits per heavy atom. The molecule has 0 atom stereocenters. The molecule has 1 N–H and O–H groups in total. The first-order valence-corrected chi connectivity index (χ1v) is 13.3. The van der Waals surface area contributed by atoms with Gasteiger partial charge in [0.15, 0.2) is 0 Å². The van der Waals surface area contributed by atoms with Gasteiger partial charge in [0.25, 0.3) is 0 Å². The minimum absolute atomic E-state index is 0.0753. The summed E-state index contributed by atoms with van der Waals surface area (Å²) in [6.07, 6.45) is 6.79. The van der Waals surface area contributed by atoms with E-state index >= 15 is 0 Å². The number of carboxylic acids is 1. The van der Waals surface area contributed by atoms with Crippen LogP contribution in [0.5, 0.6) is 5.75 Å². The summed E-state index contributed by atoms with van der Waals surface area (Å²) in [4.78, 5) is 25.5. The van der Waals surface area contributed by atoms with Crippen LogP contribution in [0.25, 0.3) is 11.1 Å².